The van der Waals surface area contributed by atoms with Gasteiger partial charge in [-0.3, -0.25) is 15.0 Å². The number of nitrogens with one attached hydrogen (secondary N) is 2. The molecule has 0 bridgehead atoms. The van der Waals surface area contributed by atoms with Crippen molar-refractivity contribution in [2.45, 2.75) is 25.8 Å². The number of fused-ring (bicyclic) bond motifs is 1. The minimum atomic E-state index is -0.448. The Kier molecular flexibility index (Phi) is 4.66. The summed E-state index contributed by atoms with van der Waals surface area (Å²) in [5.41, 5.74) is 1.11. The number of imide groups is 1. The lowest BCUT2D eigenvalue weighted by Crippen LogP contribution is -2.44. The third-order valence-corrected chi connectivity index (χ3v) is 4.08. The number of hydrogen-bond acceptors (Lipinski definition) is 5. The highest BCUT2D eigenvalue weighted by Crippen LogP contribution is 2.38. The molecule has 2 N–H and O–H groups in total. The Morgan fingerprint density at radius 1 is 1.30 bits per heavy atom. The van der Waals surface area contributed by atoms with Crippen LogP contribution < -0.4 is 20.1 Å². The van der Waals surface area contributed by atoms with Crippen LogP contribution in [0.2, 0.25) is 0 Å². The van der Waals surface area contributed by atoms with Crippen LogP contribution >= 0.6 is 0 Å². The summed E-state index contributed by atoms with van der Waals surface area (Å²) in [6.07, 6.45) is 2.00. The number of benzene rings is 1. The van der Waals surface area contributed by atoms with E-state index >= 15 is 0 Å². The minimum Gasteiger partial charge on any atom is -0.454 e. The van der Waals surface area contributed by atoms with E-state index in [0.29, 0.717) is 6.54 Å². The van der Waals surface area contributed by atoms with E-state index in [0.717, 1.165) is 36.4 Å². The highest BCUT2D eigenvalue weighted by Gasteiger charge is 2.29. The van der Waals surface area contributed by atoms with Crippen LogP contribution in [0, 0.1) is 0 Å². The Morgan fingerprint density at radius 2 is 2.13 bits per heavy atom. The van der Waals surface area contributed by atoms with Gasteiger partial charge in [-0.25, -0.2) is 4.79 Å². The van der Waals surface area contributed by atoms with Crippen LogP contribution in [-0.4, -0.2) is 43.3 Å². The van der Waals surface area contributed by atoms with Gasteiger partial charge in [0, 0.05) is 12.6 Å². The first-order chi connectivity index (χ1) is 11.2. The predicted octanol–water partition coefficient (Wildman–Crippen LogP) is 1.40. The average Bonchev–Trinajstić information content (AvgIpc) is 3.14. The smallest absolute Gasteiger partial charge is 0.321 e. The molecule has 0 aromatic heterocycles. The summed E-state index contributed by atoms with van der Waals surface area (Å²) >= 11 is 0. The molecular formula is C16H21N3O4. The first kappa shape index (κ1) is 15.6. The Bertz CT molecular complexity index is 605. The third-order valence-electron chi connectivity index (χ3n) is 4.08. The predicted molar refractivity (Wildman–Crippen MR) is 83.3 cm³/mol. The summed E-state index contributed by atoms with van der Waals surface area (Å²) < 4.78 is 10.8. The van der Waals surface area contributed by atoms with Gasteiger partial charge in [0.05, 0.1) is 6.54 Å². The lowest BCUT2D eigenvalue weighted by atomic mass is 10.0. The van der Waals surface area contributed by atoms with Gasteiger partial charge in [-0.15, -0.1) is 0 Å². The SMILES string of the molecule is CCNC(=O)NC(=O)CN1CCC[C@@H]1c1ccc2c(c1)OCO2. The zero-order valence-corrected chi connectivity index (χ0v) is 13.1. The summed E-state index contributed by atoms with van der Waals surface area (Å²) in [6.45, 7) is 3.59. The van der Waals surface area contributed by atoms with Crippen LogP contribution in [-0.2, 0) is 4.79 Å². The second kappa shape index (κ2) is 6.87. The van der Waals surface area contributed by atoms with Gasteiger partial charge in [0.2, 0.25) is 12.7 Å². The largest absolute Gasteiger partial charge is 0.454 e. The summed E-state index contributed by atoms with van der Waals surface area (Å²) in [4.78, 5) is 25.5. The quantitative estimate of drug-likeness (QED) is 0.877. The van der Waals surface area contributed by atoms with Gasteiger partial charge in [0.15, 0.2) is 11.5 Å². The van der Waals surface area contributed by atoms with Crippen LogP contribution in [0.25, 0.3) is 0 Å². The maximum atomic E-state index is 12.0. The molecule has 0 aliphatic carbocycles. The Labute approximate surface area is 134 Å². The minimum absolute atomic E-state index is 0.157. The van der Waals surface area contributed by atoms with E-state index in [-0.39, 0.29) is 25.3 Å². The highest BCUT2D eigenvalue weighted by molar-refractivity contribution is 5.95. The van der Waals surface area contributed by atoms with Gasteiger partial charge in [0.1, 0.15) is 0 Å². The van der Waals surface area contributed by atoms with Crippen LogP contribution in [0.4, 0.5) is 4.79 Å². The van der Waals surface area contributed by atoms with Crippen molar-refractivity contribution in [2.24, 2.45) is 0 Å². The van der Waals surface area contributed by atoms with Crippen LogP contribution in [0.15, 0.2) is 18.2 Å². The van der Waals surface area contributed by atoms with Gasteiger partial charge in [0.25, 0.3) is 0 Å². The molecule has 2 aliphatic rings. The number of ether oxygens (including phenoxy) is 2. The van der Waals surface area contributed by atoms with Crippen LogP contribution in [0.3, 0.4) is 0 Å². The van der Waals surface area contributed by atoms with E-state index in [1.165, 1.54) is 0 Å². The number of urea groups is 1. The molecule has 3 rings (SSSR count). The van der Waals surface area contributed by atoms with Gasteiger partial charge < -0.3 is 14.8 Å². The Balaban J connectivity index is 1.63. The molecule has 1 atom stereocenters. The molecule has 23 heavy (non-hydrogen) atoms. The van der Waals surface area contributed by atoms with Gasteiger partial charge >= 0.3 is 6.03 Å². The van der Waals surface area contributed by atoms with Gasteiger partial charge in [-0.2, -0.15) is 0 Å². The monoisotopic (exact) mass is 319 g/mol. The van der Waals surface area contributed by atoms with Gasteiger partial charge in [-0.05, 0) is 44.0 Å². The maximum Gasteiger partial charge on any atom is 0.321 e. The normalized spacial score (nSPS) is 19.6. The summed E-state index contributed by atoms with van der Waals surface area (Å²) in [5.74, 6) is 1.22. The molecule has 1 fully saturated rings. The highest BCUT2D eigenvalue weighted by atomic mass is 16.7. The van der Waals surface area contributed by atoms with Crippen molar-refractivity contribution in [1.29, 1.82) is 0 Å². The van der Waals surface area contributed by atoms with E-state index in [4.69, 9.17) is 9.47 Å². The van der Waals surface area contributed by atoms with E-state index in [1.807, 2.05) is 18.2 Å². The first-order valence-corrected chi connectivity index (χ1v) is 7.88. The second-order valence-corrected chi connectivity index (χ2v) is 5.65. The molecule has 1 aromatic rings. The molecule has 0 radical (unpaired) electrons. The number of amides is 3. The molecular weight excluding hydrogens is 298 g/mol. The molecule has 1 saturated heterocycles. The third kappa shape index (κ3) is 3.56. The maximum absolute atomic E-state index is 12.0. The number of likely N-dealkylation sites (tertiary alicyclic amines) is 1. The number of rotatable bonds is 4. The Morgan fingerprint density at radius 3 is 2.96 bits per heavy atom. The summed E-state index contributed by atoms with van der Waals surface area (Å²) in [7, 11) is 0. The van der Waals surface area contributed by atoms with Crippen molar-refractivity contribution in [2.75, 3.05) is 26.4 Å². The lowest BCUT2D eigenvalue weighted by molar-refractivity contribution is -0.121. The molecule has 2 heterocycles. The first-order valence-electron chi connectivity index (χ1n) is 7.88. The zero-order valence-electron chi connectivity index (χ0n) is 13.1. The van der Waals surface area contributed by atoms with Crippen molar-refractivity contribution in [1.82, 2.24) is 15.5 Å². The molecule has 0 unspecified atom stereocenters. The molecule has 2 aliphatic heterocycles. The lowest BCUT2D eigenvalue weighted by Gasteiger charge is -2.24. The molecule has 0 spiro atoms. The van der Waals surface area contributed by atoms with Crippen molar-refractivity contribution < 1.29 is 19.1 Å². The van der Waals surface area contributed by atoms with E-state index in [9.17, 15) is 9.59 Å². The van der Waals surface area contributed by atoms with Crippen molar-refractivity contribution >= 4 is 11.9 Å². The number of carbonyl (C=O) groups excluding carboxylic acids is 2. The Hall–Kier alpha value is -2.28. The fraction of sp³-hybridized carbons (Fsp3) is 0.500. The van der Waals surface area contributed by atoms with Crippen molar-refractivity contribution in [3.8, 4) is 11.5 Å². The summed E-state index contributed by atoms with van der Waals surface area (Å²) in [5, 5.41) is 4.90. The van der Waals surface area contributed by atoms with Gasteiger partial charge in [-0.1, -0.05) is 6.07 Å². The zero-order chi connectivity index (χ0) is 16.2. The molecule has 3 amide bonds. The molecule has 7 heteroatoms. The number of nitrogens with zero attached hydrogens (tertiary/aromatic N) is 1. The summed E-state index contributed by atoms with van der Waals surface area (Å²) in [6, 6.07) is 5.61. The van der Waals surface area contributed by atoms with E-state index in [2.05, 4.69) is 15.5 Å². The van der Waals surface area contributed by atoms with Crippen LogP contribution in [0.1, 0.15) is 31.4 Å². The second-order valence-electron chi connectivity index (χ2n) is 5.65. The molecule has 7 nitrogen and oxygen atoms in total. The standard InChI is InChI=1S/C16H21N3O4/c1-2-17-16(21)18-15(20)9-19-7-3-4-12(19)11-5-6-13-14(8-11)23-10-22-13/h5-6,8,12H,2-4,7,9-10H2,1H3,(H2,17,18,20,21)/t12-/m1/s1. The van der Waals surface area contributed by atoms with E-state index in [1.54, 1.807) is 6.92 Å². The number of carbonyl (C=O) groups is 2. The number of hydrogen-bond donors (Lipinski definition) is 2. The van der Waals surface area contributed by atoms with Crippen molar-refractivity contribution in [3.63, 3.8) is 0 Å². The topological polar surface area (TPSA) is 79.9 Å². The van der Waals surface area contributed by atoms with E-state index < -0.39 is 6.03 Å². The molecule has 0 saturated carbocycles. The molecule has 124 valence electrons. The van der Waals surface area contributed by atoms with Crippen molar-refractivity contribution in [3.05, 3.63) is 23.8 Å². The fourth-order valence-electron chi connectivity index (χ4n) is 3.07. The average molecular weight is 319 g/mol. The van der Waals surface area contributed by atoms with Crippen LogP contribution in [0.5, 0.6) is 11.5 Å². The molecule has 1 aromatic carbocycles. The fourth-order valence-corrected chi connectivity index (χ4v) is 3.07.